The normalized spacial score (nSPS) is 11.5. The van der Waals surface area contributed by atoms with Crippen molar-refractivity contribution in [2.24, 2.45) is 0 Å². The van der Waals surface area contributed by atoms with Crippen LogP contribution in [0.5, 0.6) is 0 Å². The van der Waals surface area contributed by atoms with Crippen molar-refractivity contribution in [1.82, 2.24) is 15.0 Å². The van der Waals surface area contributed by atoms with Crippen LogP contribution >= 0.6 is 0 Å². The van der Waals surface area contributed by atoms with Gasteiger partial charge in [-0.15, -0.1) is 0 Å². The van der Waals surface area contributed by atoms with Crippen molar-refractivity contribution in [2.45, 2.75) is 0 Å². The van der Waals surface area contributed by atoms with Crippen molar-refractivity contribution in [1.29, 1.82) is 0 Å². The van der Waals surface area contributed by atoms with Gasteiger partial charge in [-0.3, -0.25) is 0 Å². The third-order valence-electron chi connectivity index (χ3n) is 10.1. The maximum absolute atomic E-state index is 5.24. The van der Waals surface area contributed by atoms with E-state index in [1.165, 1.54) is 32.7 Å². The number of hydrogen-bond donors (Lipinski definition) is 0. The van der Waals surface area contributed by atoms with E-state index >= 15 is 0 Å². The van der Waals surface area contributed by atoms with Gasteiger partial charge in [0.25, 0.3) is 0 Å². The topological polar surface area (TPSA) is 38.7 Å². The summed E-state index contributed by atoms with van der Waals surface area (Å²) in [6.45, 7) is 0. The van der Waals surface area contributed by atoms with E-state index in [1.54, 1.807) is 0 Å². The maximum atomic E-state index is 5.24. The van der Waals surface area contributed by atoms with E-state index in [0.29, 0.717) is 17.5 Å². The number of fused-ring (bicyclic) bond motifs is 5. The first-order chi connectivity index (χ1) is 25.7. The molecule has 10 rings (SSSR count). The number of aromatic nitrogens is 3. The minimum atomic E-state index is 0.639. The van der Waals surface area contributed by atoms with Crippen LogP contribution in [0.2, 0.25) is 0 Å². The lowest BCUT2D eigenvalue weighted by Crippen LogP contribution is -2.01. The fourth-order valence-corrected chi connectivity index (χ4v) is 7.49. The first-order valence-electron chi connectivity index (χ1n) is 17.6. The molecule has 0 bridgehead atoms. The van der Waals surface area contributed by atoms with E-state index in [1.807, 2.05) is 0 Å². The molecular formula is C49H31N3. The molecule has 1 aromatic heterocycles. The van der Waals surface area contributed by atoms with Crippen LogP contribution in [0, 0.1) is 0 Å². The van der Waals surface area contributed by atoms with Gasteiger partial charge in [-0.25, -0.2) is 15.0 Å². The van der Waals surface area contributed by atoms with Crippen molar-refractivity contribution < 1.29 is 0 Å². The van der Waals surface area contributed by atoms with E-state index in [4.69, 9.17) is 15.0 Å². The number of rotatable bonds is 5. The standard InChI is InChI=1S/C49H31N3/c1-2-11-32(12-3-1)37-25-26-40-30-38(27-28-39(40)29-37)36-17-8-18-41(31-36)47-50-48(44-21-9-15-33-13-4-6-19-42(33)44)52-49(51-47)45-22-10-16-35-24-23-34-14-5-7-20-43(34)46(35)45/h1-31H. The van der Waals surface area contributed by atoms with E-state index in [9.17, 15) is 0 Å². The molecule has 0 fully saturated rings. The summed E-state index contributed by atoms with van der Waals surface area (Å²) in [4.78, 5) is 15.7. The highest BCUT2D eigenvalue weighted by Gasteiger charge is 2.17. The quantitative estimate of drug-likeness (QED) is 0.172. The van der Waals surface area contributed by atoms with Gasteiger partial charge in [0.05, 0.1) is 0 Å². The molecule has 0 saturated carbocycles. The summed E-state index contributed by atoms with van der Waals surface area (Å²) in [6, 6.07) is 66.5. The summed E-state index contributed by atoms with van der Waals surface area (Å²) in [5.41, 5.74) is 7.59. The monoisotopic (exact) mass is 661 g/mol. The van der Waals surface area contributed by atoms with Crippen molar-refractivity contribution in [3.8, 4) is 56.4 Å². The number of nitrogens with zero attached hydrogens (tertiary/aromatic N) is 3. The van der Waals surface area contributed by atoms with Crippen molar-refractivity contribution in [3.05, 3.63) is 188 Å². The largest absolute Gasteiger partial charge is 0.208 e. The highest BCUT2D eigenvalue weighted by Crippen LogP contribution is 2.36. The lowest BCUT2D eigenvalue weighted by molar-refractivity contribution is 1.08. The zero-order valence-electron chi connectivity index (χ0n) is 28.2. The lowest BCUT2D eigenvalue weighted by Gasteiger charge is -2.13. The molecular weight excluding hydrogens is 631 g/mol. The van der Waals surface area contributed by atoms with Crippen molar-refractivity contribution in [2.75, 3.05) is 0 Å². The van der Waals surface area contributed by atoms with Crippen LogP contribution < -0.4 is 0 Å². The molecule has 0 aliphatic heterocycles. The Hall–Kier alpha value is -6.97. The predicted octanol–water partition coefficient (Wildman–Crippen LogP) is 12.8. The molecule has 0 aliphatic rings. The molecule has 0 saturated heterocycles. The molecule has 10 aromatic rings. The van der Waals surface area contributed by atoms with Crippen LogP contribution in [0.25, 0.3) is 99.5 Å². The molecule has 242 valence electrons. The first kappa shape index (κ1) is 29.9. The SMILES string of the molecule is c1ccc(-c2ccc3cc(-c4cccc(-c5nc(-c6cccc7ccccc67)nc(-c6cccc7ccc8ccccc8c67)n5)c4)ccc3c2)cc1. The van der Waals surface area contributed by atoms with Crippen LogP contribution in [0.1, 0.15) is 0 Å². The molecule has 0 aliphatic carbocycles. The molecule has 0 spiro atoms. The van der Waals surface area contributed by atoms with Gasteiger partial charge in [-0.2, -0.15) is 0 Å². The van der Waals surface area contributed by atoms with Crippen LogP contribution in [-0.4, -0.2) is 15.0 Å². The second-order valence-electron chi connectivity index (χ2n) is 13.2. The third-order valence-corrected chi connectivity index (χ3v) is 10.1. The minimum Gasteiger partial charge on any atom is -0.208 e. The summed E-state index contributed by atoms with van der Waals surface area (Å²) < 4.78 is 0. The van der Waals surface area contributed by atoms with Crippen LogP contribution in [0.15, 0.2) is 188 Å². The van der Waals surface area contributed by atoms with Gasteiger partial charge in [-0.05, 0) is 78.2 Å². The Kier molecular flexibility index (Phi) is 7.14. The zero-order chi connectivity index (χ0) is 34.4. The highest BCUT2D eigenvalue weighted by molar-refractivity contribution is 6.13. The Morgan fingerprint density at radius 3 is 1.52 bits per heavy atom. The molecule has 1 heterocycles. The summed E-state index contributed by atoms with van der Waals surface area (Å²) >= 11 is 0. The molecule has 0 atom stereocenters. The highest BCUT2D eigenvalue weighted by atomic mass is 15.0. The Morgan fingerprint density at radius 2 is 0.731 bits per heavy atom. The average molecular weight is 662 g/mol. The Labute approximate surface area is 301 Å². The van der Waals surface area contributed by atoms with Gasteiger partial charge in [-0.1, -0.05) is 170 Å². The lowest BCUT2D eigenvalue weighted by atomic mass is 9.96. The second-order valence-corrected chi connectivity index (χ2v) is 13.2. The Bertz CT molecular complexity index is 2960. The fourth-order valence-electron chi connectivity index (χ4n) is 7.49. The molecule has 9 aromatic carbocycles. The Balaban J connectivity index is 1.14. The fraction of sp³-hybridized carbons (Fsp3) is 0. The van der Waals surface area contributed by atoms with Gasteiger partial charge < -0.3 is 0 Å². The summed E-state index contributed by atoms with van der Waals surface area (Å²) in [5, 5.41) is 9.33. The smallest absolute Gasteiger partial charge is 0.164 e. The van der Waals surface area contributed by atoms with Gasteiger partial charge >= 0.3 is 0 Å². The van der Waals surface area contributed by atoms with Crippen molar-refractivity contribution >= 4 is 43.1 Å². The summed E-state index contributed by atoms with van der Waals surface area (Å²) in [7, 11) is 0. The van der Waals surface area contributed by atoms with Crippen LogP contribution in [0.4, 0.5) is 0 Å². The molecule has 52 heavy (non-hydrogen) atoms. The minimum absolute atomic E-state index is 0.639. The molecule has 3 nitrogen and oxygen atoms in total. The maximum Gasteiger partial charge on any atom is 0.164 e. The predicted molar refractivity (Wildman–Crippen MR) is 217 cm³/mol. The molecule has 3 heteroatoms. The van der Waals surface area contributed by atoms with Gasteiger partial charge in [0.1, 0.15) is 0 Å². The van der Waals surface area contributed by atoms with E-state index < -0.39 is 0 Å². The van der Waals surface area contributed by atoms with Crippen molar-refractivity contribution in [3.63, 3.8) is 0 Å². The number of hydrogen-bond acceptors (Lipinski definition) is 3. The molecule has 0 amide bonds. The van der Waals surface area contributed by atoms with E-state index in [0.717, 1.165) is 49.4 Å². The average Bonchev–Trinajstić information content (AvgIpc) is 3.23. The van der Waals surface area contributed by atoms with E-state index in [-0.39, 0.29) is 0 Å². The zero-order valence-corrected chi connectivity index (χ0v) is 28.2. The summed E-state index contributed by atoms with van der Waals surface area (Å²) in [6.07, 6.45) is 0. The van der Waals surface area contributed by atoms with Gasteiger partial charge in [0, 0.05) is 22.1 Å². The first-order valence-corrected chi connectivity index (χ1v) is 17.6. The second kappa shape index (κ2) is 12.4. The molecule has 0 N–H and O–H groups in total. The van der Waals surface area contributed by atoms with Crippen LogP contribution in [-0.2, 0) is 0 Å². The van der Waals surface area contributed by atoms with Gasteiger partial charge in [0.15, 0.2) is 17.5 Å². The number of benzene rings is 9. The van der Waals surface area contributed by atoms with Gasteiger partial charge in [0.2, 0.25) is 0 Å². The Morgan fingerprint density at radius 1 is 0.250 bits per heavy atom. The van der Waals surface area contributed by atoms with E-state index in [2.05, 4.69) is 188 Å². The summed E-state index contributed by atoms with van der Waals surface area (Å²) in [5.74, 6) is 1.94. The third kappa shape index (κ3) is 5.28. The molecule has 0 radical (unpaired) electrons. The van der Waals surface area contributed by atoms with Crippen LogP contribution in [0.3, 0.4) is 0 Å². The molecule has 0 unspecified atom stereocenters.